The van der Waals surface area contributed by atoms with Gasteiger partial charge < -0.3 is 10.5 Å². The lowest BCUT2D eigenvalue weighted by Crippen LogP contribution is -2.11. The molecule has 0 bridgehead atoms. The van der Waals surface area contributed by atoms with Gasteiger partial charge in [0.1, 0.15) is 0 Å². The van der Waals surface area contributed by atoms with Gasteiger partial charge in [0.05, 0.1) is 6.61 Å². The van der Waals surface area contributed by atoms with E-state index in [0.717, 1.165) is 0 Å². The van der Waals surface area contributed by atoms with Crippen molar-refractivity contribution in [1.82, 2.24) is 0 Å². The first-order chi connectivity index (χ1) is 7.58. The predicted molar refractivity (Wildman–Crippen MR) is 57.4 cm³/mol. The summed E-state index contributed by atoms with van der Waals surface area (Å²) in [5, 5.41) is 0. The number of primary amides is 1. The molecule has 5 heteroatoms. The molecule has 0 saturated carbocycles. The van der Waals surface area contributed by atoms with Crippen LogP contribution >= 0.6 is 0 Å². The van der Waals surface area contributed by atoms with Crippen LogP contribution in [0.2, 0.25) is 0 Å². The van der Waals surface area contributed by atoms with Gasteiger partial charge in [-0.15, -0.1) is 0 Å². The summed E-state index contributed by atoms with van der Waals surface area (Å²) in [4.78, 5) is 25.8. The highest BCUT2D eigenvalue weighted by Gasteiger charge is 1.82. The van der Waals surface area contributed by atoms with Crippen molar-refractivity contribution in [1.29, 1.82) is 0 Å². The van der Waals surface area contributed by atoms with E-state index in [-0.39, 0.29) is 6.15 Å². The van der Waals surface area contributed by atoms with E-state index >= 15 is 0 Å². The molecule has 0 spiro atoms. The SMILES string of the molecule is CCOC(N)=O.Cc1ccccc1.O=C=O. The number of hydrogen-bond donors (Lipinski definition) is 1. The summed E-state index contributed by atoms with van der Waals surface area (Å²) in [6, 6.07) is 10.3. The number of carbonyl (C=O) groups excluding carboxylic acids is 3. The minimum atomic E-state index is -0.711. The average molecular weight is 225 g/mol. The van der Waals surface area contributed by atoms with E-state index in [9.17, 15) is 4.79 Å². The molecule has 1 aromatic rings. The van der Waals surface area contributed by atoms with E-state index in [1.165, 1.54) is 5.56 Å². The van der Waals surface area contributed by atoms with Gasteiger partial charge in [-0.2, -0.15) is 9.59 Å². The smallest absolute Gasteiger partial charge is 0.404 e. The normalized spacial score (nSPS) is 7.12. The second kappa shape index (κ2) is 12.9. The lowest BCUT2D eigenvalue weighted by Gasteiger charge is -1.89. The van der Waals surface area contributed by atoms with Crippen LogP contribution in [0.3, 0.4) is 0 Å². The van der Waals surface area contributed by atoms with Gasteiger partial charge in [0.15, 0.2) is 0 Å². The van der Waals surface area contributed by atoms with Crippen molar-refractivity contribution >= 4 is 12.2 Å². The second-order valence-electron chi connectivity index (χ2n) is 2.49. The summed E-state index contributed by atoms with van der Waals surface area (Å²) < 4.78 is 4.18. The zero-order chi connectivity index (χ0) is 12.8. The number of nitrogens with two attached hydrogens (primary N) is 1. The Hall–Kier alpha value is -2.13. The lowest BCUT2D eigenvalue weighted by molar-refractivity contribution is -0.191. The fraction of sp³-hybridized carbons (Fsp3) is 0.273. The largest absolute Gasteiger partial charge is 0.450 e. The maximum absolute atomic E-state index is 9.60. The standard InChI is InChI=1S/C7H8.C3H7NO2.CO2/c1-7-5-3-2-4-6-7;1-2-6-3(4)5;2-1-3/h2-6H,1H3;2H2,1H3,(H2,4,5);. The van der Waals surface area contributed by atoms with Crippen molar-refractivity contribution < 1.29 is 19.1 Å². The zero-order valence-electron chi connectivity index (χ0n) is 9.30. The maximum Gasteiger partial charge on any atom is 0.404 e. The molecule has 2 N–H and O–H groups in total. The molecule has 0 saturated heterocycles. The zero-order valence-corrected chi connectivity index (χ0v) is 9.30. The Morgan fingerprint density at radius 2 is 1.75 bits per heavy atom. The summed E-state index contributed by atoms with van der Waals surface area (Å²) >= 11 is 0. The Balaban J connectivity index is 0. The Morgan fingerprint density at radius 1 is 1.31 bits per heavy atom. The topological polar surface area (TPSA) is 86.5 Å². The lowest BCUT2D eigenvalue weighted by atomic mass is 10.2. The Bertz CT molecular complexity index is 305. The van der Waals surface area contributed by atoms with Gasteiger partial charge in [-0.1, -0.05) is 35.9 Å². The first kappa shape index (κ1) is 16.3. The molecule has 1 rings (SSSR count). The van der Waals surface area contributed by atoms with Gasteiger partial charge in [-0.05, 0) is 13.8 Å². The third-order valence-corrected chi connectivity index (χ3v) is 1.23. The summed E-state index contributed by atoms with van der Waals surface area (Å²) in [6.07, 6.45) is -0.461. The molecule has 5 nitrogen and oxygen atoms in total. The molecule has 0 aliphatic rings. The van der Waals surface area contributed by atoms with Gasteiger partial charge in [0.2, 0.25) is 0 Å². The molecule has 88 valence electrons. The van der Waals surface area contributed by atoms with E-state index in [0.29, 0.717) is 6.61 Å². The van der Waals surface area contributed by atoms with Crippen LogP contribution in [0.5, 0.6) is 0 Å². The van der Waals surface area contributed by atoms with Crippen molar-refractivity contribution in [2.24, 2.45) is 5.73 Å². The number of benzene rings is 1. The van der Waals surface area contributed by atoms with Crippen LogP contribution in [-0.4, -0.2) is 18.9 Å². The van der Waals surface area contributed by atoms with Gasteiger partial charge in [0.25, 0.3) is 0 Å². The second-order valence-corrected chi connectivity index (χ2v) is 2.49. The van der Waals surface area contributed by atoms with Gasteiger partial charge in [0, 0.05) is 0 Å². The van der Waals surface area contributed by atoms with Crippen LogP contribution < -0.4 is 5.73 Å². The molecule has 1 aromatic carbocycles. The Labute approximate surface area is 94.2 Å². The number of carbonyl (C=O) groups is 1. The van der Waals surface area contributed by atoms with E-state index < -0.39 is 6.09 Å². The van der Waals surface area contributed by atoms with E-state index in [4.69, 9.17) is 9.59 Å². The molecule has 0 heterocycles. The fourth-order valence-electron chi connectivity index (χ4n) is 0.677. The van der Waals surface area contributed by atoms with Crippen molar-refractivity contribution in [2.75, 3.05) is 6.61 Å². The summed E-state index contributed by atoms with van der Waals surface area (Å²) in [5.41, 5.74) is 5.86. The van der Waals surface area contributed by atoms with Crippen LogP contribution in [0, 0.1) is 6.92 Å². The highest BCUT2D eigenvalue weighted by molar-refractivity contribution is 5.64. The van der Waals surface area contributed by atoms with Crippen LogP contribution in [0.25, 0.3) is 0 Å². The third-order valence-electron chi connectivity index (χ3n) is 1.23. The Kier molecular flexibility index (Phi) is 13.1. The molecule has 0 aliphatic carbocycles. The fourth-order valence-corrected chi connectivity index (χ4v) is 0.677. The van der Waals surface area contributed by atoms with E-state index in [2.05, 4.69) is 29.5 Å². The quantitative estimate of drug-likeness (QED) is 0.784. The minimum Gasteiger partial charge on any atom is -0.450 e. The van der Waals surface area contributed by atoms with Crippen LogP contribution in [0.4, 0.5) is 4.79 Å². The maximum atomic E-state index is 9.60. The molecule has 16 heavy (non-hydrogen) atoms. The van der Waals surface area contributed by atoms with E-state index in [1.807, 2.05) is 18.2 Å². The highest BCUT2D eigenvalue weighted by Crippen LogP contribution is 1.92. The molecule has 0 atom stereocenters. The number of aryl methyl sites for hydroxylation is 1. The number of rotatable bonds is 1. The minimum absolute atomic E-state index is 0.250. The molecule has 0 aromatic heterocycles. The first-order valence-electron chi connectivity index (χ1n) is 4.51. The molecular formula is C11H15NO4. The summed E-state index contributed by atoms with van der Waals surface area (Å²) in [7, 11) is 0. The molecule has 0 radical (unpaired) electrons. The van der Waals surface area contributed by atoms with Crippen molar-refractivity contribution in [3.63, 3.8) is 0 Å². The predicted octanol–water partition coefficient (Wildman–Crippen LogP) is 1.51. The first-order valence-corrected chi connectivity index (χ1v) is 4.51. The molecule has 0 aliphatic heterocycles. The molecule has 1 amide bonds. The monoisotopic (exact) mass is 225 g/mol. The third kappa shape index (κ3) is 17.8. The van der Waals surface area contributed by atoms with Gasteiger partial charge in [-0.25, -0.2) is 4.79 Å². The van der Waals surface area contributed by atoms with Crippen molar-refractivity contribution in [3.8, 4) is 0 Å². The van der Waals surface area contributed by atoms with Gasteiger partial charge in [-0.3, -0.25) is 0 Å². The van der Waals surface area contributed by atoms with Crippen molar-refractivity contribution in [2.45, 2.75) is 13.8 Å². The average Bonchev–Trinajstić information content (AvgIpc) is 2.20. The van der Waals surface area contributed by atoms with Crippen LogP contribution in [0.1, 0.15) is 12.5 Å². The Morgan fingerprint density at radius 3 is 1.88 bits per heavy atom. The van der Waals surface area contributed by atoms with Crippen molar-refractivity contribution in [3.05, 3.63) is 35.9 Å². The van der Waals surface area contributed by atoms with Crippen LogP contribution in [0.15, 0.2) is 30.3 Å². The summed E-state index contributed by atoms with van der Waals surface area (Å²) in [6.45, 7) is 4.14. The number of amides is 1. The molecule has 0 unspecified atom stereocenters. The van der Waals surface area contributed by atoms with E-state index in [1.54, 1.807) is 6.92 Å². The molecule has 0 fully saturated rings. The summed E-state index contributed by atoms with van der Waals surface area (Å²) in [5.74, 6) is 0. The molecular weight excluding hydrogens is 210 g/mol. The van der Waals surface area contributed by atoms with Crippen LogP contribution in [-0.2, 0) is 14.3 Å². The number of ether oxygens (including phenoxy) is 1. The highest BCUT2D eigenvalue weighted by atomic mass is 16.5. The number of hydrogen-bond acceptors (Lipinski definition) is 4. The van der Waals surface area contributed by atoms with Gasteiger partial charge >= 0.3 is 12.2 Å².